The second kappa shape index (κ2) is 5.98. The first-order valence-electron chi connectivity index (χ1n) is 7.21. The molecule has 0 spiro atoms. The van der Waals surface area contributed by atoms with Crippen molar-refractivity contribution in [2.45, 2.75) is 19.8 Å². The van der Waals surface area contributed by atoms with Crippen molar-refractivity contribution in [1.82, 2.24) is 0 Å². The van der Waals surface area contributed by atoms with Crippen LogP contribution >= 0.6 is 27.5 Å². The quantitative estimate of drug-likeness (QED) is 0.739. The standard InChI is InChI=1S/C16H19BrClNO/c1-2-20-16-14(17)7-13(18)8-15(16)19-9-12-6-10-3-4-11(12)5-10/h3-4,7-8,10-12,19H,2,5-6,9H2,1H3. The second-order valence-electron chi connectivity index (χ2n) is 5.62. The number of anilines is 1. The molecule has 0 radical (unpaired) electrons. The molecule has 0 amide bonds. The topological polar surface area (TPSA) is 21.3 Å². The van der Waals surface area contributed by atoms with Gasteiger partial charge in [0.1, 0.15) is 0 Å². The molecule has 3 atom stereocenters. The number of rotatable bonds is 5. The molecule has 1 N–H and O–H groups in total. The van der Waals surface area contributed by atoms with E-state index in [9.17, 15) is 0 Å². The lowest BCUT2D eigenvalue weighted by Crippen LogP contribution is -2.18. The second-order valence-corrected chi connectivity index (χ2v) is 6.91. The van der Waals surface area contributed by atoms with E-state index in [1.54, 1.807) is 0 Å². The average molecular weight is 357 g/mol. The van der Waals surface area contributed by atoms with Gasteiger partial charge in [0.2, 0.25) is 0 Å². The summed E-state index contributed by atoms with van der Waals surface area (Å²) in [5.74, 6) is 3.16. The van der Waals surface area contributed by atoms with Gasteiger partial charge in [-0.05, 0) is 65.6 Å². The summed E-state index contributed by atoms with van der Waals surface area (Å²) in [7, 11) is 0. The van der Waals surface area contributed by atoms with E-state index in [1.165, 1.54) is 12.8 Å². The Morgan fingerprint density at radius 3 is 2.85 bits per heavy atom. The predicted octanol–water partition coefficient (Wildman–Crippen LogP) is 5.13. The van der Waals surface area contributed by atoms with Crippen LogP contribution in [0.25, 0.3) is 0 Å². The van der Waals surface area contributed by atoms with Gasteiger partial charge in [0, 0.05) is 11.6 Å². The number of hydrogen-bond donors (Lipinski definition) is 1. The average Bonchev–Trinajstić information content (AvgIpc) is 3.02. The Bertz CT molecular complexity index is 531. The first kappa shape index (κ1) is 14.3. The van der Waals surface area contributed by atoms with Gasteiger partial charge in [-0.1, -0.05) is 23.8 Å². The highest BCUT2D eigenvalue weighted by Crippen LogP contribution is 2.44. The first-order valence-corrected chi connectivity index (χ1v) is 8.38. The van der Waals surface area contributed by atoms with Gasteiger partial charge in [-0.2, -0.15) is 0 Å². The summed E-state index contributed by atoms with van der Waals surface area (Å²) in [6.45, 7) is 3.62. The molecule has 1 fully saturated rings. The zero-order chi connectivity index (χ0) is 14.1. The molecule has 0 saturated heterocycles. The molecule has 4 heteroatoms. The van der Waals surface area contributed by atoms with Crippen molar-refractivity contribution in [1.29, 1.82) is 0 Å². The van der Waals surface area contributed by atoms with Crippen LogP contribution in [0.1, 0.15) is 19.8 Å². The Morgan fingerprint density at radius 1 is 1.35 bits per heavy atom. The summed E-state index contributed by atoms with van der Waals surface area (Å²) in [5, 5.41) is 4.25. The van der Waals surface area contributed by atoms with Crippen molar-refractivity contribution in [3.05, 3.63) is 33.8 Å². The molecule has 20 heavy (non-hydrogen) atoms. The summed E-state index contributed by atoms with van der Waals surface area (Å²) in [6, 6.07) is 3.82. The molecule has 1 aromatic rings. The van der Waals surface area contributed by atoms with Crippen molar-refractivity contribution >= 4 is 33.2 Å². The molecule has 0 aliphatic heterocycles. The number of ether oxygens (including phenoxy) is 1. The van der Waals surface area contributed by atoms with Crippen LogP contribution in [0.4, 0.5) is 5.69 Å². The summed E-state index contributed by atoms with van der Waals surface area (Å²) < 4.78 is 6.62. The molecular weight excluding hydrogens is 338 g/mol. The van der Waals surface area contributed by atoms with Crippen LogP contribution in [0, 0.1) is 17.8 Å². The minimum Gasteiger partial charge on any atom is -0.491 e. The van der Waals surface area contributed by atoms with Gasteiger partial charge in [0.05, 0.1) is 16.8 Å². The molecule has 2 bridgehead atoms. The van der Waals surface area contributed by atoms with E-state index in [1.807, 2.05) is 19.1 Å². The minimum atomic E-state index is 0.645. The van der Waals surface area contributed by atoms with Crippen LogP contribution in [-0.4, -0.2) is 13.2 Å². The van der Waals surface area contributed by atoms with Crippen LogP contribution in [-0.2, 0) is 0 Å². The maximum atomic E-state index is 6.14. The molecule has 3 rings (SSSR count). The van der Waals surface area contributed by atoms with E-state index < -0.39 is 0 Å². The van der Waals surface area contributed by atoms with Crippen molar-refractivity contribution in [3.8, 4) is 5.75 Å². The van der Waals surface area contributed by atoms with E-state index in [4.69, 9.17) is 16.3 Å². The summed E-state index contributed by atoms with van der Waals surface area (Å²) in [4.78, 5) is 0. The molecular formula is C16H19BrClNO. The molecule has 2 nitrogen and oxygen atoms in total. The van der Waals surface area contributed by atoms with Crippen molar-refractivity contribution in [3.63, 3.8) is 0 Å². The van der Waals surface area contributed by atoms with E-state index in [2.05, 4.69) is 33.4 Å². The molecule has 2 aliphatic carbocycles. The predicted molar refractivity (Wildman–Crippen MR) is 87.7 cm³/mol. The van der Waals surface area contributed by atoms with E-state index in [-0.39, 0.29) is 0 Å². The lowest BCUT2D eigenvalue weighted by atomic mass is 9.93. The summed E-state index contributed by atoms with van der Waals surface area (Å²) >= 11 is 9.67. The van der Waals surface area contributed by atoms with Gasteiger partial charge in [-0.25, -0.2) is 0 Å². The summed E-state index contributed by atoms with van der Waals surface area (Å²) in [6.07, 6.45) is 7.41. The number of benzene rings is 1. The van der Waals surface area contributed by atoms with Gasteiger partial charge >= 0.3 is 0 Å². The van der Waals surface area contributed by atoms with Crippen molar-refractivity contribution < 1.29 is 4.74 Å². The molecule has 0 aromatic heterocycles. The fourth-order valence-electron chi connectivity index (χ4n) is 3.35. The molecule has 108 valence electrons. The normalized spacial score (nSPS) is 27.1. The van der Waals surface area contributed by atoms with Crippen LogP contribution in [0.2, 0.25) is 5.02 Å². The Hall–Kier alpha value is -0.670. The van der Waals surface area contributed by atoms with Crippen LogP contribution in [0.3, 0.4) is 0 Å². The monoisotopic (exact) mass is 355 g/mol. The molecule has 1 saturated carbocycles. The fourth-order valence-corrected chi connectivity index (χ4v) is 4.28. The smallest absolute Gasteiger partial charge is 0.156 e. The van der Waals surface area contributed by atoms with Crippen LogP contribution < -0.4 is 10.1 Å². The summed E-state index contributed by atoms with van der Waals surface area (Å²) in [5.41, 5.74) is 0.984. The highest BCUT2D eigenvalue weighted by Gasteiger charge is 2.35. The van der Waals surface area contributed by atoms with Crippen molar-refractivity contribution in [2.75, 3.05) is 18.5 Å². The molecule has 1 aromatic carbocycles. The highest BCUT2D eigenvalue weighted by molar-refractivity contribution is 9.10. The van der Waals surface area contributed by atoms with Gasteiger partial charge in [-0.15, -0.1) is 0 Å². The maximum Gasteiger partial charge on any atom is 0.156 e. The van der Waals surface area contributed by atoms with Gasteiger partial charge in [0.25, 0.3) is 0 Å². The third kappa shape index (κ3) is 2.84. The maximum absolute atomic E-state index is 6.14. The molecule has 2 aliphatic rings. The third-order valence-electron chi connectivity index (χ3n) is 4.27. The van der Waals surface area contributed by atoms with E-state index in [0.717, 1.165) is 45.2 Å². The Balaban J connectivity index is 1.71. The molecule has 0 heterocycles. The fraction of sp³-hybridized carbons (Fsp3) is 0.500. The highest BCUT2D eigenvalue weighted by atomic mass is 79.9. The Morgan fingerprint density at radius 2 is 2.20 bits per heavy atom. The first-order chi connectivity index (χ1) is 9.67. The van der Waals surface area contributed by atoms with Crippen molar-refractivity contribution in [2.24, 2.45) is 17.8 Å². The van der Waals surface area contributed by atoms with Gasteiger partial charge in [0.15, 0.2) is 5.75 Å². The minimum absolute atomic E-state index is 0.645. The zero-order valence-electron chi connectivity index (χ0n) is 11.5. The molecule has 3 unspecified atom stereocenters. The lowest BCUT2D eigenvalue weighted by molar-refractivity contribution is 0.339. The number of allylic oxidation sites excluding steroid dienone is 2. The Labute approximate surface area is 133 Å². The van der Waals surface area contributed by atoms with Crippen LogP contribution in [0.5, 0.6) is 5.75 Å². The zero-order valence-corrected chi connectivity index (χ0v) is 13.9. The largest absolute Gasteiger partial charge is 0.491 e. The number of halogens is 2. The number of nitrogens with one attached hydrogen (secondary N) is 1. The van der Waals surface area contributed by atoms with Gasteiger partial charge < -0.3 is 10.1 Å². The Kier molecular flexibility index (Phi) is 4.27. The SMILES string of the molecule is CCOc1c(Br)cc(Cl)cc1NCC1CC2C=CC1C2. The number of fused-ring (bicyclic) bond motifs is 2. The number of hydrogen-bond acceptors (Lipinski definition) is 2. The lowest BCUT2D eigenvalue weighted by Gasteiger charge is -2.21. The van der Waals surface area contributed by atoms with Gasteiger partial charge in [-0.3, -0.25) is 0 Å². The van der Waals surface area contributed by atoms with Crippen LogP contribution in [0.15, 0.2) is 28.8 Å². The third-order valence-corrected chi connectivity index (χ3v) is 5.08. The van der Waals surface area contributed by atoms with E-state index in [0.29, 0.717) is 6.61 Å². The van der Waals surface area contributed by atoms with E-state index >= 15 is 0 Å².